The first-order valence-electron chi connectivity index (χ1n) is 4.77. The quantitative estimate of drug-likeness (QED) is 0.564. The average molecular weight is 289 g/mol. The van der Waals surface area contributed by atoms with E-state index in [-0.39, 0.29) is 21.4 Å². The Morgan fingerprint density at radius 3 is 2.33 bits per heavy atom. The summed E-state index contributed by atoms with van der Waals surface area (Å²) in [5.41, 5.74) is -0.0465. The summed E-state index contributed by atoms with van der Waals surface area (Å²) in [6.07, 6.45) is 0.913. The van der Waals surface area contributed by atoms with Crippen molar-refractivity contribution in [3.05, 3.63) is 33.5 Å². The van der Waals surface area contributed by atoms with Crippen LogP contribution in [0.4, 0.5) is 0 Å². The number of carbonyl (C=O) groups excluding carboxylic acids is 3. The van der Waals surface area contributed by atoms with Crippen LogP contribution in [-0.4, -0.2) is 30.7 Å². The average Bonchev–Trinajstić information content (AvgIpc) is 2.59. The first kappa shape index (κ1) is 12.9. The molecule has 0 spiro atoms. The van der Waals surface area contributed by atoms with Crippen molar-refractivity contribution in [3.8, 4) is 0 Å². The normalized spacial score (nSPS) is 23.9. The second-order valence-corrected chi connectivity index (χ2v) is 4.27. The second kappa shape index (κ2) is 4.59. The molecule has 0 aromatic rings. The van der Waals surface area contributed by atoms with E-state index in [4.69, 9.17) is 32.7 Å². The molecule has 0 saturated heterocycles. The van der Waals surface area contributed by atoms with Crippen LogP contribution in [0, 0.1) is 0 Å². The van der Waals surface area contributed by atoms with Gasteiger partial charge in [-0.05, 0) is 0 Å². The van der Waals surface area contributed by atoms with Gasteiger partial charge in [0, 0.05) is 17.7 Å². The number of cyclic esters (lactones) is 1. The number of methoxy groups -OCH3 is 1. The largest absolute Gasteiger partial charge is 0.493 e. The summed E-state index contributed by atoms with van der Waals surface area (Å²) in [6, 6.07) is 0. The standard InChI is InChI=1S/C11H6Cl2O5/c1-17-7-3-5(14)4(2-6(7)15)10-8(12)9(13)11(16)18-10/h2-3,10H,1H3/t10-/m0/s1. The lowest BCUT2D eigenvalue weighted by Gasteiger charge is -2.16. The molecule has 94 valence electrons. The fourth-order valence-corrected chi connectivity index (χ4v) is 1.93. The highest BCUT2D eigenvalue weighted by atomic mass is 35.5. The van der Waals surface area contributed by atoms with Crippen LogP contribution in [0.25, 0.3) is 0 Å². The van der Waals surface area contributed by atoms with Gasteiger partial charge in [-0.3, -0.25) is 9.59 Å². The molecular formula is C11H6Cl2O5. The van der Waals surface area contributed by atoms with Crippen molar-refractivity contribution in [3.63, 3.8) is 0 Å². The third-order valence-electron chi connectivity index (χ3n) is 2.42. The molecule has 0 saturated carbocycles. The Morgan fingerprint density at radius 1 is 1.17 bits per heavy atom. The van der Waals surface area contributed by atoms with E-state index in [2.05, 4.69) is 0 Å². The minimum Gasteiger partial charge on any atom is -0.493 e. The zero-order valence-corrected chi connectivity index (χ0v) is 10.5. The summed E-state index contributed by atoms with van der Waals surface area (Å²) < 4.78 is 9.55. The number of ketones is 2. The number of hydrogen-bond donors (Lipinski definition) is 0. The molecule has 0 amide bonds. The third-order valence-corrected chi connectivity index (χ3v) is 3.26. The van der Waals surface area contributed by atoms with Crippen LogP contribution in [0.2, 0.25) is 0 Å². The summed E-state index contributed by atoms with van der Waals surface area (Å²) in [5.74, 6) is -1.93. The SMILES string of the molecule is COC1=CC(=O)C([C@@H]2OC(=O)C(Cl)=C2Cl)=CC1=O. The lowest BCUT2D eigenvalue weighted by atomic mass is 9.97. The highest BCUT2D eigenvalue weighted by molar-refractivity contribution is 6.49. The van der Waals surface area contributed by atoms with Gasteiger partial charge in [0.05, 0.1) is 12.1 Å². The van der Waals surface area contributed by atoms with Crippen molar-refractivity contribution in [2.45, 2.75) is 6.10 Å². The fraction of sp³-hybridized carbons (Fsp3) is 0.182. The van der Waals surface area contributed by atoms with E-state index in [0.717, 1.165) is 12.2 Å². The van der Waals surface area contributed by atoms with Crippen molar-refractivity contribution < 1.29 is 23.9 Å². The topological polar surface area (TPSA) is 69.7 Å². The Morgan fingerprint density at radius 2 is 1.83 bits per heavy atom. The van der Waals surface area contributed by atoms with E-state index in [1.54, 1.807) is 0 Å². The molecule has 7 heteroatoms. The molecule has 0 radical (unpaired) electrons. The third kappa shape index (κ3) is 1.95. The molecule has 0 unspecified atom stereocenters. The summed E-state index contributed by atoms with van der Waals surface area (Å²) >= 11 is 11.4. The molecule has 0 aromatic heterocycles. The highest BCUT2D eigenvalue weighted by Gasteiger charge is 2.38. The number of rotatable bonds is 2. The van der Waals surface area contributed by atoms with Gasteiger partial charge in [0.2, 0.25) is 5.78 Å². The fourth-order valence-electron chi connectivity index (χ4n) is 1.54. The van der Waals surface area contributed by atoms with E-state index in [0.29, 0.717) is 0 Å². The number of halogens is 2. The van der Waals surface area contributed by atoms with Crippen molar-refractivity contribution in [2.24, 2.45) is 0 Å². The first-order valence-corrected chi connectivity index (χ1v) is 5.53. The molecule has 0 bridgehead atoms. The number of carbonyl (C=O) groups is 3. The smallest absolute Gasteiger partial charge is 0.352 e. The molecule has 0 fully saturated rings. The maximum Gasteiger partial charge on any atom is 0.352 e. The van der Waals surface area contributed by atoms with Gasteiger partial charge in [0.25, 0.3) is 0 Å². The number of hydrogen-bond acceptors (Lipinski definition) is 5. The molecule has 2 aliphatic rings. The Bertz CT molecular complexity index is 556. The van der Waals surface area contributed by atoms with Gasteiger partial charge < -0.3 is 9.47 Å². The van der Waals surface area contributed by atoms with Crippen LogP contribution in [0.1, 0.15) is 0 Å². The van der Waals surface area contributed by atoms with Crippen LogP contribution < -0.4 is 0 Å². The zero-order chi connectivity index (χ0) is 13.4. The Balaban J connectivity index is 2.36. The lowest BCUT2D eigenvalue weighted by molar-refractivity contribution is -0.138. The first-order chi connectivity index (χ1) is 8.45. The van der Waals surface area contributed by atoms with Gasteiger partial charge in [-0.15, -0.1) is 0 Å². The Kier molecular flexibility index (Phi) is 3.28. The maximum atomic E-state index is 11.8. The van der Waals surface area contributed by atoms with E-state index in [9.17, 15) is 14.4 Å². The number of esters is 1. The van der Waals surface area contributed by atoms with E-state index < -0.39 is 23.6 Å². The second-order valence-electron chi connectivity index (χ2n) is 3.49. The van der Waals surface area contributed by atoms with Crippen molar-refractivity contribution in [2.75, 3.05) is 7.11 Å². The van der Waals surface area contributed by atoms with E-state index in [1.165, 1.54) is 7.11 Å². The lowest BCUT2D eigenvalue weighted by Crippen LogP contribution is -2.24. The van der Waals surface area contributed by atoms with Crippen LogP contribution in [0.5, 0.6) is 0 Å². The van der Waals surface area contributed by atoms with Crippen LogP contribution in [0.15, 0.2) is 33.5 Å². The summed E-state index contributed by atoms with van der Waals surface area (Å²) in [6.45, 7) is 0. The molecule has 1 aliphatic heterocycles. The van der Waals surface area contributed by atoms with Crippen LogP contribution in [-0.2, 0) is 23.9 Å². The van der Waals surface area contributed by atoms with Gasteiger partial charge >= 0.3 is 5.97 Å². The van der Waals surface area contributed by atoms with Gasteiger partial charge in [-0.25, -0.2) is 4.79 Å². The molecule has 1 atom stereocenters. The van der Waals surface area contributed by atoms with Gasteiger partial charge in [-0.2, -0.15) is 0 Å². The molecule has 5 nitrogen and oxygen atoms in total. The van der Waals surface area contributed by atoms with Crippen LogP contribution in [0.3, 0.4) is 0 Å². The molecule has 2 rings (SSSR count). The molecule has 0 N–H and O–H groups in total. The number of allylic oxidation sites excluding steroid dienone is 2. The van der Waals surface area contributed by atoms with E-state index in [1.807, 2.05) is 0 Å². The van der Waals surface area contributed by atoms with Gasteiger partial charge in [0.1, 0.15) is 5.03 Å². The zero-order valence-electron chi connectivity index (χ0n) is 9.03. The Labute approximate surface area is 112 Å². The minimum absolute atomic E-state index is 0.0465. The number of ether oxygens (including phenoxy) is 2. The molecule has 1 heterocycles. The molecular weight excluding hydrogens is 283 g/mol. The van der Waals surface area contributed by atoms with Gasteiger partial charge in [0.15, 0.2) is 17.6 Å². The summed E-state index contributed by atoms with van der Waals surface area (Å²) in [7, 11) is 1.27. The monoisotopic (exact) mass is 288 g/mol. The predicted octanol–water partition coefficient (Wildman–Crippen LogP) is 1.21. The highest BCUT2D eigenvalue weighted by Crippen LogP contribution is 2.34. The van der Waals surface area contributed by atoms with Gasteiger partial charge in [-0.1, -0.05) is 23.2 Å². The molecule has 18 heavy (non-hydrogen) atoms. The van der Waals surface area contributed by atoms with Crippen molar-refractivity contribution in [1.29, 1.82) is 0 Å². The molecule has 0 aromatic carbocycles. The van der Waals surface area contributed by atoms with Crippen molar-refractivity contribution >= 4 is 40.7 Å². The van der Waals surface area contributed by atoms with Crippen molar-refractivity contribution in [1.82, 2.24) is 0 Å². The predicted molar refractivity (Wildman–Crippen MR) is 61.8 cm³/mol. The Hall–Kier alpha value is -1.59. The summed E-state index contributed by atoms with van der Waals surface area (Å²) in [5, 5.41) is -0.396. The van der Waals surface area contributed by atoms with E-state index >= 15 is 0 Å². The minimum atomic E-state index is -1.13. The van der Waals surface area contributed by atoms with Crippen LogP contribution >= 0.6 is 23.2 Å². The summed E-state index contributed by atoms with van der Waals surface area (Å²) in [4.78, 5) is 34.5. The molecule has 1 aliphatic carbocycles. The maximum absolute atomic E-state index is 11.8.